The molecule has 2 aromatic rings. The van der Waals surface area contributed by atoms with Crippen molar-refractivity contribution < 1.29 is 18.9 Å². The van der Waals surface area contributed by atoms with E-state index in [2.05, 4.69) is 52.7 Å². The summed E-state index contributed by atoms with van der Waals surface area (Å²) in [6.45, 7) is 6.74. The number of thioether (sulfide) groups is 1. The van der Waals surface area contributed by atoms with Crippen molar-refractivity contribution in [1.82, 2.24) is 5.32 Å². The quantitative estimate of drug-likeness (QED) is 0.316. The Morgan fingerprint density at radius 2 is 1.89 bits per heavy atom. The predicted molar refractivity (Wildman–Crippen MR) is 143 cm³/mol. The molecule has 2 aromatic carbocycles. The summed E-state index contributed by atoms with van der Waals surface area (Å²) in [5.41, 5.74) is 3.74. The number of fused-ring (bicyclic) bond motifs is 1. The van der Waals surface area contributed by atoms with Crippen LogP contribution in [0.25, 0.3) is 0 Å². The molecule has 0 saturated carbocycles. The lowest BCUT2D eigenvalue weighted by atomic mass is 9.88. The molecular weight excluding hydrogens is 460 g/mol. The molecule has 4 rings (SSSR count). The molecule has 1 N–H and O–H groups in total. The Balaban J connectivity index is 1.35. The summed E-state index contributed by atoms with van der Waals surface area (Å²) < 4.78 is 22.8. The van der Waals surface area contributed by atoms with Crippen molar-refractivity contribution in [1.29, 1.82) is 0 Å². The lowest BCUT2D eigenvalue weighted by molar-refractivity contribution is 0.0106. The van der Waals surface area contributed by atoms with Gasteiger partial charge in [0.1, 0.15) is 12.4 Å². The maximum atomic E-state index is 6.52. The molecule has 0 amide bonds. The zero-order valence-electron chi connectivity index (χ0n) is 21.2. The summed E-state index contributed by atoms with van der Waals surface area (Å²) >= 11 is 1.90. The van der Waals surface area contributed by atoms with Gasteiger partial charge in [0.05, 0.1) is 24.9 Å². The number of hydrogen-bond donors (Lipinski definition) is 1. The Bertz CT molecular complexity index is 895. The summed E-state index contributed by atoms with van der Waals surface area (Å²) in [4.78, 5) is 3.73. The van der Waals surface area contributed by atoms with Gasteiger partial charge in [-0.25, -0.2) is 0 Å². The summed E-state index contributed by atoms with van der Waals surface area (Å²) in [5.74, 6) is 2.46. The molecule has 0 aromatic heterocycles. The Morgan fingerprint density at radius 3 is 2.71 bits per heavy atom. The highest BCUT2D eigenvalue weighted by atomic mass is 32.2. The molecule has 0 spiro atoms. The third kappa shape index (κ3) is 7.61. The van der Waals surface area contributed by atoms with Crippen LogP contribution in [0.2, 0.25) is 0 Å². The van der Waals surface area contributed by atoms with Crippen molar-refractivity contribution >= 4 is 17.4 Å². The van der Waals surface area contributed by atoms with Crippen LogP contribution < -0.4 is 15.0 Å². The third-order valence-corrected chi connectivity index (χ3v) is 7.82. The summed E-state index contributed by atoms with van der Waals surface area (Å²) in [6.07, 6.45) is 3.34. The minimum absolute atomic E-state index is 0.161. The number of hydrogen-bond acceptors (Lipinski definition) is 7. The first-order valence-electron chi connectivity index (χ1n) is 12.8. The monoisotopic (exact) mass is 500 g/mol. The van der Waals surface area contributed by atoms with E-state index in [-0.39, 0.29) is 6.10 Å². The topological polar surface area (TPSA) is 52.2 Å². The van der Waals surface area contributed by atoms with Crippen LogP contribution in [0.5, 0.6) is 5.75 Å². The van der Waals surface area contributed by atoms with E-state index in [0.717, 1.165) is 76.8 Å². The normalized spacial score (nSPS) is 19.9. The van der Waals surface area contributed by atoms with Crippen LogP contribution in [-0.4, -0.2) is 72.1 Å². The van der Waals surface area contributed by atoms with Crippen molar-refractivity contribution in [3.63, 3.8) is 0 Å². The molecule has 2 aliphatic rings. The van der Waals surface area contributed by atoms with Gasteiger partial charge in [0.25, 0.3) is 0 Å². The van der Waals surface area contributed by atoms with Gasteiger partial charge in [-0.3, -0.25) is 0 Å². The molecule has 7 heteroatoms. The molecule has 2 aliphatic heterocycles. The maximum Gasteiger partial charge on any atom is 0.142 e. The summed E-state index contributed by atoms with van der Waals surface area (Å²) in [7, 11) is 3.52. The second-order valence-electron chi connectivity index (χ2n) is 9.20. The molecule has 6 nitrogen and oxygen atoms in total. The summed E-state index contributed by atoms with van der Waals surface area (Å²) in [6, 6.07) is 15.6. The zero-order chi connectivity index (χ0) is 24.3. The van der Waals surface area contributed by atoms with Crippen molar-refractivity contribution in [3.05, 3.63) is 53.6 Å². The SMILES string of the molecule is COCCCSc1ccc([C@H]2CCNC[C@@H]2OCc2ccc3c(c2)N(CCCOC)CCO3)cc1. The number of nitrogens with zero attached hydrogens (tertiary/aromatic N) is 1. The fraction of sp³-hybridized carbons (Fsp3) is 0.571. The third-order valence-electron chi connectivity index (χ3n) is 6.72. The first-order chi connectivity index (χ1) is 17.3. The molecule has 0 unspecified atom stereocenters. The largest absolute Gasteiger partial charge is 0.490 e. The minimum Gasteiger partial charge on any atom is -0.490 e. The Kier molecular flexibility index (Phi) is 10.6. The van der Waals surface area contributed by atoms with E-state index in [0.29, 0.717) is 12.5 Å². The van der Waals surface area contributed by atoms with Gasteiger partial charge in [-0.15, -0.1) is 11.8 Å². The van der Waals surface area contributed by atoms with E-state index < -0.39 is 0 Å². The number of nitrogens with one attached hydrogen (secondary N) is 1. The van der Waals surface area contributed by atoms with Crippen LogP contribution in [0.15, 0.2) is 47.4 Å². The number of anilines is 1. The van der Waals surface area contributed by atoms with Gasteiger partial charge < -0.3 is 29.2 Å². The van der Waals surface area contributed by atoms with E-state index >= 15 is 0 Å². The Morgan fingerprint density at radius 1 is 1.06 bits per heavy atom. The first-order valence-corrected chi connectivity index (χ1v) is 13.8. The highest BCUT2D eigenvalue weighted by Gasteiger charge is 2.27. The number of piperidine rings is 1. The minimum atomic E-state index is 0.161. The van der Waals surface area contributed by atoms with Gasteiger partial charge in [-0.2, -0.15) is 0 Å². The average molecular weight is 501 g/mol. The van der Waals surface area contributed by atoms with Crippen LogP contribution in [0.1, 0.15) is 36.3 Å². The van der Waals surface area contributed by atoms with Crippen molar-refractivity contribution in [2.75, 3.05) is 70.9 Å². The lowest BCUT2D eigenvalue weighted by Gasteiger charge is -2.33. The van der Waals surface area contributed by atoms with Crippen LogP contribution >= 0.6 is 11.8 Å². The van der Waals surface area contributed by atoms with Crippen LogP contribution in [0, 0.1) is 0 Å². The number of rotatable bonds is 13. The molecule has 0 aliphatic carbocycles. The average Bonchev–Trinajstić information content (AvgIpc) is 2.91. The van der Waals surface area contributed by atoms with Crippen LogP contribution in [0.3, 0.4) is 0 Å². The van der Waals surface area contributed by atoms with Crippen LogP contribution in [0.4, 0.5) is 5.69 Å². The molecule has 2 heterocycles. The van der Waals surface area contributed by atoms with E-state index in [9.17, 15) is 0 Å². The van der Waals surface area contributed by atoms with Crippen molar-refractivity contribution in [3.8, 4) is 5.75 Å². The second kappa shape index (κ2) is 14.1. The molecule has 192 valence electrons. The summed E-state index contributed by atoms with van der Waals surface area (Å²) in [5, 5.41) is 3.53. The van der Waals surface area contributed by atoms with Crippen LogP contribution in [-0.2, 0) is 20.8 Å². The predicted octanol–water partition coefficient (Wildman–Crippen LogP) is 4.71. The van der Waals surface area contributed by atoms with Gasteiger partial charge in [0.15, 0.2) is 0 Å². The molecule has 0 bridgehead atoms. The van der Waals surface area contributed by atoms with E-state index in [1.165, 1.54) is 21.7 Å². The molecular formula is C28H40N2O4S. The number of methoxy groups -OCH3 is 2. The smallest absolute Gasteiger partial charge is 0.142 e. The standard InChI is InChI=1S/C28H40N2O4S/c1-31-15-3-13-30-14-17-33-27-10-5-22(19-26(27)30)21-34-28-20-29-12-11-25(28)23-6-8-24(9-7-23)35-18-4-16-32-2/h5-10,19,25,28-29H,3-4,11-18,20-21H2,1-2H3/t25-,28+/m1/s1. The van der Waals surface area contributed by atoms with Crippen molar-refractivity contribution in [2.45, 2.75) is 42.8 Å². The molecule has 35 heavy (non-hydrogen) atoms. The van der Waals surface area contributed by atoms with Gasteiger partial charge in [-0.05, 0) is 61.2 Å². The number of benzene rings is 2. The van der Waals surface area contributed by atoms with E-state index in [1.54, 1.807) is 14.2 Å². The molecule has 1 fully saturated rings. The molecule has 1 saturated heterocycles. The first kappa shape index (κ1) is 26.3. The Hall–Kier alpha value is -1.77. The Labute approximate surface area is 214 Å². The highest BCUT2D eigenvalue weighted by Crippen LogP contribution is 2.34. The fourth-order valence-electron chi connectivity index (χ4n) is 4.83. The van der Waals surface area contributed by atoms with Gasteiger partial charge in [0.2, 0.25) is 0 Å². The fourth-order valence-corrected chi connectivity index (χ4v) is 5.66. The second-order valence-corrected chi connectivity index (χ2v) is 10.4. The zero-order valence-corrected chi connectivity index (χ0v) is 22.0. The molecule has 2 atom stereocenters. The number of ether oxygens (including phenoxy) is 4. The van der Waals surface area contributed by atoms with Crippen molar-refractivity contribution in [2.24, 2.45) is 0 Å². The van der Waals surface area contributed by atoms with Gasteiger partial charge in [-0.1, -0.05) is 18.2 Å². The van der Waals surface area contributed by atoms with Gasteiger partial charge >= 0.3 is 0 Å². The van der Waals surface area contributed by atoms with Gasteiger partial charge in [0, 0.05) is 57.1 Å². The van der Waals surface area contributed by atoms with E-state index in [4.69, 9.17) is 18.9 Å². The van der Waals surface area contributed by atoms with E-state index in [1.807, 2.05) is 11.8 Å². The lowest BCUT2D eigenvalue weighted by Crippen LogP contribution is -2.41. The highest BCUT2D eigenvalue weighted by molar-refractivity contribution is 7.99. The molecule has 0 radical (unpaired) electrons. The maximum absolute atomic E-state index is 6.52.